The van der Waals surface area contributed by atoms with Crippen LogP contribution in [0.1, 0.15) is 24.5 Å². The highest BCUT2D eigenvalue weighted by atomic mass is 32.2. The van der Waals surface area contributed by atoms with Crippen LogP contribution < -0.4 is 0 Å². The van der Waals surface area contributed by atoms with Crippen LogP contribution in [-0.2, 0) is 10.0 Å². The van der Waals surface area contributed by atoms with Gasteiger partial charge in [-0.15, -0.1) is 0 Å². The Morgan fingerprint density at radius 2 is 2.20 bits per heavy atom. The average Bonchev–Trinajstić information content (AvgIpc) is 3.03. The van der Waals surface area contributed by atoms with Crippen LogP contribution in [0.15, 0.2) is 35.9 Å². The molecule has 0 saturated carbocycles. The van der Waals surface area contributed by atoms with E-state index < -0.39 is 10.0 Å². The van der Waals surface area contributed by atoms with Gasteiger partial charge < -0.3 is 0 Å². The van der Waals surface area contributed by atoms with Crippen molar-refractivity contribution in [1.29, 1.82) is 0 Å². The molecule has 0 bridgehead atoms. The van der Waals surface area contributed by atoms with Gasteiger partial charge in [0.1, 0.15) is 4.90 Å². The second kappa shape index (κ2) is 5.29. The number of rotatable bonds is 3. The van der Waals surface area contributed by atoms with Crippen LogP contribution in [0.2, 0.25) is 0 Å². The van der Waals surface area contributed by atoms with Crippen molar-refractivity contribution in [2.45, 2.75) is 23.7 Å². The minimum absolute atomic E-state index is 0.0964. The van der Waals surface area contributed by atoms with Gasteiger partial charge in [-0.1, -0.05) is 0 Å². The monoisotopic (exact) mass is 293 g/mol. The largest absolute Gasteiger partial charge is 0.284 e. The number of nitrogens with zero attached hydrogens (tertiary/aromatic N) is 4. The van der Waals surface area contributed by atoms with E-state index in [0.717, 1.165) is 18.5 Å². The first-order chi connectivity index (χ1) is 9.68. The number of H-pyrrole nitrogens is 1. The third-order valence-corrected chi connectivity index (χ3v) is 5.33. The maximum atomic E-state index is 12.5. The maximum absolute atomic E-state index is 12.5. The van der Waals surface area contributed by atoms with Crippen LogP contribution in [-0.4, -0.2) is 46.0 Å². The number of sulfonamides is 1. The Morgan fingerprint density at radius 1 is 1.30 bits per heavy atom. The Balaban J connectivity index is 1.83. The summed E-state index contributed by atoms with van der Waals surface area (Å²) in [6.45, 7) is 0.969. The van der Waals surface area contributed by atoms with Crippen LogP contribution in [0.3, 0.4) is 0 Å². The first kappa shape index (κ1) is 13.2. The van der Waals surface area contributed by atoms with Crippen molar-refractivity contribution in [3.05, 3.63) is 36.7 Å². The average molecular weight is 293 g/mol. The minimum Gasteiger partial charge on any atom is -0.284 e. The number of piperidine rings is 1. The summed E-state index contributed by atoms with van der Waals surface area (Å²) in [7, 11) is -3.47. The highest BCUT2D eigenvalue weighted by Crippen LogP contribution is 2.28. The van der Waals surface area contributed by atoms with E-state index in [4.69, 9.17) is 0 Å². The Bertz CT molecular complexity index is 656. The van der Waals surface area contributed by atoms with Crippen LogP contribution in [0.25, 0.3) is 0 Å². The second-order valence-corrected chi connectivity index (χ2v) is 6.70. The van der Waals surface area contributed by atoms with Crippen LogP contribution in [0.5, 0.6) is 0 Å². The van der Waals surface area contributed by atoms with Gasteiger partial charge in [0.25, 0.3) is 0 Å². The van der Waals surface area contributed by atoms with Gasteiger partial charge in [-0.25, -0.2) is 8.42 Å². The number of hydrogen-bond donors (Lipinski definition) is 1. The van der Waals surface area contributed by atoms with E-state index in [9.17, 15) is 8.42 Å². The summed E-state index contributed by atoms with van der Waals surface area (Å²) in [6.07, 6.45) is 9.45. The van der Waals surface area contributed by atoms with Crippen molar-refractivity contribution in [3.8, 4) is 0 Å². The standard InChI is InChI=1S/C12H15N5O2S/c18-20(19,11-6-15-16-7-11)17-5-1-2-10(9-17)12-8-13-3-4-14-12/h3-4,6-8,10H,1-2,5,9H2,(H,15,16). The molecule has 2 aromatic rings. The zero-order valence-electron chi connectivity index (χ0n) is 10.8. The zero-order valence-corrected chi connectivity index (χ0v) is 11.6. The smallest absolute Gasteiger partial charge is 0.246 e. The topological polar surface area (TPSA) is 91.8 Å². The quantitative estimate of drug-likeness (QED) is 0.902. The van der Waals surface area contributed by atoms with Gasteiger partial charge >= 0.3 is 0 Å². The molecule has 0 spiro atoms. The first-order valence-corrected chi connectivity index (χ1v) is 7.87. The zero-order chi connectivity index (χ0) is 14.0. The molecule has 106 valence electrons. The van der Waals surface area contributed by atoms with E-state index in [1.54, 1.807) is 18.6 Å². The van der Waals surface area contributed by atoms with Crippen LogP contribution >= 0.6 is 0 Å². The molecule has 1 aliphatic heterocycles. The summed E-state index contributed by atoms with van der Waals surface area (Å²) in [5, 5.41) is 6.25. The molecule has 1 aliphatic rings. The molecule has 2 aromatic heterocycles. The van der Waals surface area contributed by atoms with Crippen molar-refractivity contribution >= 4 is 10.0 Å². The molecule has 20 heavy (non-hydrogen) atoms. The fourth-order valence-electron chi connectivity index (χ4n) is 2.45. The van der Waals surface area contributed by atoms with Gasteiger partial charge in [0, 0.05) is 43.8 Å². The molecule has 0 amide bonds. The van der Waals surface area contributed by atoms with Gasteiger partial charge in [-0.2, -0.15) is 9.40 Å². The van der Waals surface area contributed by atoms with E-state index in [0.29, 0.717) is 13.1 Å². The maximum Gasteiger partial charge on any atom is 0.246 e. The van der Waals surface area contributed by atoms with Crippen LogP contribution in [0.4, 0.5) is 0 Å². The molecule has 7 nitrogen and oxygen atoms in total. The lowest BCUT2D eigenvalue weighted by Gasteiger charge is -2.31. The van der Waals surface area contributed by atoms with Crippen molar-refractivity contribution in [3.63, 3.8) is 0 Å². The summed E-state index contributed by atoms with van der Waals surface area (Å²) in [5.74, 6) is 0.0964. The third-order valence-electron chi connectivity index (χ3n) is 3.50. The summed E-state index contributed by atoms with van der Waals surface area (Å²) in [6, 6.07) is 0. The lowest BCUT2D eigenvalue weighted by Crippen LogP contribution is -2.39. The van der Waals surface area contributed by atoms with E-state index in [1.807, 2.05) is 0 Å². The van der Waals surface area contributed by atoms with Gasteiger partial charge in [-0.05, 0) is 12.8 Å². The Labute approximate surface area is 117 Å². The normalized spacial score (nSPS) is 20.9. The van der Waals surface area contributed by atoms with Gasteiger partial charge in [0.15, 0.2) is 0 Å². The fraction of sp³-hybridized carbons (Fsp3) is 0.417. The minimum atomic E-state index is -3.47. The van der Waals surface area contributed by atoms with Crippen molar-refractivity contribution in [2.24, 2.45) is 0 Å². The molecule has 8 heteroatoms. The van der Waals surface area contributed by atoms with Crippen molar-refractivity contribution in [1.82, 2.24) is 24.5 Å². The molecular weight excluding hydrogens is 278 g/mol. The number of aromatic amines is 1. The molecule has 1 N–H and O–H groups in total. The predicted octanol–water partition coefficient (Wildman–Crippen LogP) is 0.768. The SMILES string of the molecule is O=S(=O)(c1cn[nH]c1)N1CCCC(c2cnccn2)C1. The van der Waals surface area contributed by atoms with E-state index in [-0.39, 0.29) is 10.8 Å². The Hall–Kier alpha value is -1.80. The Morgan fingerprint density at radius 3 is 2.90 bits per heavy atom. The molecular formula is C12H15N5O2S. The molecule has 0 aliphatic carbocycles. The first-order valence-electron chi connectivity index (χ1n) is 6.43. The van der Waals surface area contributed by atoms with E-state index in [1.165, 1.54) is 16.7 Å². The molecule has 0 aromatic carbocycles. The Kier molecular flexibility index (Phi) is 3.49. The highest BCUT2D eigenvalue weighted by Gasteiger charge is 2.31. The number of nitrogens with one attached hydrogen (secondary N) is 1. The predicted molar refractivity (Wildman–Crippen MR) is 71.4 cm³/mol. The molecule has 0 radical (unpaired) electrons. The van der Waals surface area contributed by atoms with Crippen molar-refractivity contribution in [2.75, 3.05) is 13.1 Å². The van der Waals surface area contributed by atoms with Gasteiger partial charge in [0.2, 0.25) is 10.0 Å². The summed E-state index contributed by atoms with van der Waals surface area (Å²) >= 11 is 0. The lowest BCUT2D eigenvalue weighted by molar-refractivity contribution is 0.312. The molecule has 3 heterocycles. The molecule has 1 saturated heterocycles. The van der Waals surface area contributed by atoms with Gasteiger partial charge in [0.05, 0.1) is 11.9 Å². The number of aromatic nitrogens is 4. The van der Waals surface area contributed by atoms with Crippen molar-refractivity contribution < 1.29 is 8.42 Å². The third kappa shape index (κ3) is 2.44. The van der Waals surface area contributed by atoms with Gasteiger partial charge in [-0.3, -0.25) is 15.1 Å². The summed E-state index contributed by atoms with van der Waals surface area (Å²) in [5.41, 5.74) is 0.847. The highest BCUT2D eigenvalue weighted by molar-refractivity contribution is 7.89. The molecule has 1 unspecified atom stereocenters. The summed E-state index contributed by atoms with van der Waals surface area (Å²) in [4.78, 5) is 8.54. The molecule has 1 fully saturated rings. The lowest BCUT2D eigenvalue weighted by atomic mass is 9.96. The van der Waals surface area contributed by atoms with E-state index in [2.05, 4.69) is 20.2 Å². The second-order valence-electron chi connectivity index (χ2n) is 4.77. The fourth-order valence-corrected chi connectivity index (χ4v) is 3.88. The van der Waals surface area contributed by atoms with Crippen LogP contribution in [0, 0.1) is 0 Å². The summed E-state index contributed by atoms with van der Waals surface area (Å²) < 4.78 is 26.4. The number of hydrogen-bond acceptors (Lipinski definition) is 5. The van der Waals surface area contributed by atoms with E-state index >= 15 is 0 Å². The molecule has 1 atom stereocenters. The molecule has 3 rings (SSSR count).